The Hall–Kier alpha value is -1.49. The topological polar surface area (TPSA) is 29.5 Å². The van der Waals surface area contributed by atoms with Crippen LogP contribution in [0.4, 0.5) is 4.39 Å². The molecule has 4 heteroatoms. The molecule has 2 aromatic rings. The van der Waals surface area contributed by atoms with Gasteiger partial charge in [-0.3, -0.25) is 0 Å². The number of benzene rings is 2. The predicted octanol–water partition coefficient (Wildman–Crippen LogP) is 3.74. The summed E-state index contributed by atoms with van der Waals surface area (Å²) in [6, 6.07) is 20.0. The molecule has 1 fully saturated rings. The second kappa shape index (κ2) is 8.93. The van der Waals surface area contributed by atoms with Crippen molar-refractivity contribution in [2.24, 2.45) is 0 Å². The fourth-order valence-electron chi connectivity index (χ4n) is 3.99. The maximum Gasteiger partial charge on any atom is 0.290 e. The summed E-state index contributed by atoms with van der Waals surface area (Å²) in [6.07, 6.45) is 4.15. The molecular formula is C22H29FO2Si. The number of aliphatic hydroxyl groups excluding tert-OH is 1. The SMILES string of the molecule is CCCC(F)[Si](OC1CCC(O)CC1)(c1ccccc1)c1ccccc1. The van der Waals surface area contributed by atoms with Crippen molar-refractivity contribution in [1.29, 1.82) is 0 Å². The van der Waals surface area contributed by atoms with E-state index in [4.69, 9.17) is 4.43 Å². The first-order valence-electron chi connectivity index (χ1n) is 9.77. The molecule has 0 aromatic heterocycles. The average molecular weight is 373 g/mol. The van der Waals surface area contributed by atoms with E-state index in [0.717, 1.165) is 42.5 Å². The van der Waals surface area contributed by atoms with E-state index in [2.05, 4.69) is 0 Å². The normalized spacial score (nSPS) is 22.1. The van der Waals surface area contributed by atoms with Crippen LogP contribution in [-0.2, 0) is 4.43 Å². The Morgan fingerprint density at radius 2 is 1.46 bits per heavy atom. The lowest BCUT2D eigenvalue weighted by molar-refractivity contribution is 0.0605. The molecule has 0 amide bonds. The van der Waals surface area contributed by atoms with E-state index in [1.165, 1.54) is 0 Å². The zero-order chi connectivity index (χ0) is 18.4. The maximum atomic E-state index is 15.8. The zero-order valence-electron chi connectivity index (χ0n) is 15.5. The summed E-state index contributed by atoms with van der Waals surface area (Å²) in [4.78, 5) is 0. The van der Waals surface area contributed by atoms with E-state index >= 15 is 4.39 Å². The first kappa shape index (κ1) is 19.3. The molecule has 0 spiro atoms. The highest BCUT2D eigenvalue weighted by molar-refractivity contribution is 6.98. The van der Waals surface area contributed by atoms with Gasteiger partial charge in [-0.2, -0.15) is 0 Å². The molecule has 0 bridgehead atoms. The van der Waals surface area contributed by atoms with Crippen molar-refractivity contribution in [3.05, 3.63) is 60.7 Å². The third kappa shape index (κ3) is 4.08. The van der Waals surface area contributed by atoms with Crippen LogP contribution < -0.4 is 10.4 Å². The van der Waals surface area contributed by atoms with Gasteiger partial charge in [0.25, 0.3) is 8.32 Å². The van der Waals surface area contributed by atoms with Crippen molar-refractivity contribution in [1.82, 2.24) is 0 Å². The van der Waals surface area contributed by atoms with Crippen LogP contribution in [0.1, 0.15) is 45.4 Å². The van der Waals surface area contributed by atoms with Gasteiger partial charge in [-0.05, 0) is 42.5 Å². The lowest BCUT2D eigenvalue weighted by Gasteiger charge is -2.40. The fraction of sp³-hybridized carbons (Fsp3) is 0.455. The second-order valence-corrected chi connectivity index (χ2v) is 10.8. The van der Waals surface area contributed by atoms with Crippen LogP contribution in [0.5, 0.6) is 0 Å². The Labute approximate surface area is 157 Å². The van der Waals surface area contributed by atoms with Crippen LogP contribution >= 0.6 is 0 Å². The van der Waals surface area contributed by atoms with Gasteiger partial charge in [0.2, 0.25) is 0 Å². The van der Waals surface area contributed by atoms with Crippen molar-refractivity contribution in [2.75, 3.05) is 0 Å². The lowest BCUT2D eigenvalue weighted by Crippen LogP contribution is -2.69. The molecule has 0 heterocycles. The number of hydrogen-bond acceptors (Lipinski definition) is 2. The van der Waals surface area contributed by atoms with Crippen LogP contribution in [0.25, 0.3) is 0 Å². The summed E-state index contributed by atoms with van der Waals surface area (Å²) >= 11 is 0. The van der Waals surface area contributed by atoms with Gasteiger partial charge in [-0.15, -0.1) is 0 Å². The summed E-state index contributed by atoms with van der Waals surface area (Å²) in [6.45, 7) is 2.03. The highest BCUT2D eigenvalue weighted by Crippen LogP contribution is 2.28. The van der Waals surface area contributed by atoms with E-state index in [0.29, 0.717) is 6.42 Å². The van der Waals surface area contributed by atoms with Gasteiger partial charge in [0.15, 0.2) is 0 Å². The Morgan fingerprint density at radius 3 is 1.92 bits per heavy atom. The minimum absolute atomic E-state index is 0.0144. The Bertz CT molecular complexity index is 617. The zero-order valence-corrected chi connectivity index (χ0v) is 16.5. The number of halogens is 1. The average Bonchev–Trinajstić information content (AvgIpc) is 2.69. The summed E-state index contributed by atoms with van der Waals surface area (Å²) in [5, 5.41) is 11.8. The number of hydrogen-bond donors (Lipinski definition) is 1. The van der Waals surface area contributed by atoms with Crippen molar-refractivity contribution >= 4 is 18.7 Å². The smallest absolute Gasteiger partial charge is 0.290 e. The van der Waals surface area contributed by atoms with E-state index in [1.807, 2.05) is 67.6 Å². The first-order valence-corrected chi connectivity index (χ1v) is 11.8. The summed E-state index contributed by atoms with van der Waals surface area (Å²) in [5.41, 5.74) is 0. The fourth-order valence-corrected chi connectivity index (χ4v) is 8.30. The van der Waals surface area contributed by atoms with E-state index in [-0.39, 0.29) is 12.2 Å². The number of rotatable bonds is 7. The van der Waals surface area contributed by atoms with Gasteiger partial charge >= 0.3 is 0 Å². The monoisotopic (exact) mass is 372 g/mol. The van der Waals surface area contributed by atoms with Gasteiger partial charge in [0, 0.05) is 6.10 Å². The third-order valence-corrected chi connectivity index (χ3v) is 9.64. The molecule has 0 aliphatic heterocycles. The Balaban J connectivity index is 2.05. The molecule has 2 nitrogen and oxygen atoms in total. The minimum atomic E-state index is -3.03. The summed E-state index contributed by atoms with van der Waals surface area (Å²) in [5.74, 6) is -0.996. The van der Waals surface area contributed by atoms with E-state index in [9.17, 15) is 5.11 Å². The molecule has 1 unspecified atom stereocenters. The van der Waals surface area contributed by atoms with Gasteiger partial charge in [0.1, 0.15) is 5.79 Å². The molecule has 0 radical (unpaired) electrons. The van der Waals surface area contributed by atoms with Crippen molar-refractivity contribution in [3.63, 3.8) is 0 Å². The van der Waals surface area contributed by atoms with E-state index in [1.54, 1.807) is 0 Å². The van der Waals surface area contributed by atoms with Gasteiger partial charge in [-0.1, -0.05) is 74.0 Å². The summed E-state index contributed by atoms with van der Waals surface area (Å²) < 4.78 is 22.6. The summed E-state index contributed by atoms with van der Waals surface area (Å²) in [7, 11) is -3.03. The van der Waals surface area contributed by atoms with Crippen molar-refractivity contribution in [2.45, 2.75) is 63.5 Å². The number of aliphatic hydroxyl groups is 1. The van der Waals surface area contributed by atoms with E-state index < -0.39 is 14.1 Å². The Kier molecular flexibility index (Phi) is 6.62. The molecule has 1 saturated carbocycles. The third-order valence-electron chi connectivity index (χ3n) is 5.38. The molecule has 0 saturated heterocycles. The van der Waals surface area contributed by atoms with Gasteiger partial charge in [-0.25, -0.2) is 4.39 Å². The van der Waals surface area contributed by atoms with Gasteiger partial charge < -0.3 is 9.53 Å². The lowest BCUT2D eigenvalue weighted by atomic mass is 9.95. The largest absolute Gasteiger partial charge is 0.403 e. The first-order chi connectivity index (χ1) is 12.7. The maximum absolute atomic E-state index is 15.8. The van der Waals surface area contributed by atoms with Crippen LogP contribution in [0.15, 0.2) is 60.7 Å². The van der Waals surface area contributed by atoms with Crippen LogP contribution in [-0.4, -0.2) is 31.4 Å². The quantitative estimate of drug-likeness (QED) is 0.750. The molecule has 140 valence electrons. The standard InChI is InChI=1S/C22H29FO2Si/c1-2-9-22(23)26(20-10-5-3-6-11-20,21-12-7-4-8-13-21)25-19-16-14-18(24)15-17-19/h3-8,10-13,18-19,22,24H,2,9,14-17H2,1H3. The molecule has 1 N–H and O–H groups in total. The highest BCUT2D eigenvalue weighted by Gasteiger charge is 2.49. The molecular weight excluding hydrogens is 343 g/mol. The number of alkyl halides is 1. The second-order valence-electron chi connectivity index (χ2n) is 7.27. The highest BCUT2D eigenvalue weighted by atomic mass is 28.4. The molecule has 1 aliphatic rings. The molecule has 2 aromatic carbocycles. The van der Waals surface area contributed by atoms with Crippen molar-refractivity contribution < 1.29 is 13.9 Å². The Morgan fingerprint density at radius 1 is 0.962 bits per heavy atom. The predicted molar refractivity (Wildman–Crippen MR) is 107 cm³/mol. The molecule has 26 heavy (non-hydrogen) atoms. The minimum Gasteiger partial charge on any atom is -0.403 e. The van der Waals surface area contributed by atoms with Crippen LogP contribution in [0, 0.1) is 0 Å². The molecule has 3 rings (SSSR count). The molecule has 1 aliphatic carbocycles. The van der Waals surface area contributed by atoms with Crippen LogP contribution in [0.3, 0.4) is 0 Å². The molecule has 1 atom stereocenters. The van der Waals surface area contributed by atoms with Crippen molar-refractivity contribution in [3.8, 4) is 0 Å². The van der Waals surface area contributed by atoms with Gasteiger partial charge in [0.05, 0.1) is 6.10 Å². The van der Waals surface area contributed by atoms with Crippen LogP contribution in [0.2, 0.25) is 0 Å².